The maximum absolute atomic E-state index is 11.8. The molecule has 1 N–H and O–H groups in total. The molecule has 1 aromatic carbocycles. The minimum atomic E-state index is -0.771. The van der Waals surface area contributed by atoms with Crippen molar-refractivity contribution < 1.29 is 19.1 Å². The summed E-state index contributed by atoms with van der Waals surface area (Å²) < 4.78 is 10.3. The van der Waals surface area contributed by atoms with Crippen LogP contribution in [0.3, 0.4) is 0 Å². The van der Waals surface area contributed by atoms with E-state index in [0.29, 0.717) is 30.2 Å². The van der Waals surface area contributed by atoms with Crippen LogP contribution in [0.4, 0.5) is 0 Å². The molecule has 0 saturated heterocycles. The zero-order chi connectivity index (χ0) is 16.5. The van der Waals surface area contributed by atoms with Crippen LogP contribution in [-0.2, 0) is 9.59 Å². The highest BCUT2D eigenvalue weighted by molar-refractivity contribution is 6.34. The number of nitrogens with one attached hydrogen (secondary N) is 1. The number of hydrazone groups is 1. The molecule has 0 aliphatic rings. The van der Waals surface area contributed by atoms with Gasteiger partial charge in [0.25, 0.3) is 0 Å². The topological polar surface area (TPSA) is 80.2 Å². The summed E-state index contributed by atoms with van der Waals surface area (Å²) in [5.74, 6) is -0.182. The molecule has 22 heavy (non-hydrogen) atoms. The van der Waals surface area contributed by atoms with Gasteiger partial charge in [0, 0.05) is 24.7 Å². The molecule has 1 rings (SSSR count). The second-order valence-corrected chi connectivity index (χ2v) is 4.28. The zero-order valence-corrected chi connectivity index (χ0v) is 13.3. The summed E-state index contributed by atoms with van der Waals surface area (Å²) in [7, 11) is 3.08. The lowest BCUT2D eigenvalue weighted by Gasteiger charge is -2.16. The quantitative estimate of drug-likeness (QED) is 0.483. The van der Waals surface area contributed by atoms with E-state index < -0.39 is 11.8 Å². The lowest BCUT2D eigenvalue weighted by molar-refractivity contribution is -0.145. The third-order valence-electron chi connectivity index (χ3n) is 3.06. The molecule has 0 heterocycles. The van der Waals surface area contributed by atoms with E-state index in [2.05, 4.69) is 10.5 Å². The van der Waals surface area contributed by atoms with Gasteiger partial charge in [0.1, 0.15) is 11.5 Å². The van der Waals surface area contributed by atoms with E-state index in [-0.39, 0.29) is 0 Å². The Labute approximate surface area is 129 Å². The summed E-state index contributed by atoms with van der Waals surface area (Å²) in [4.78, 5) is 24.8. The Morgan fingerprint density at radius 1 is 1.23 bits per heavy atom. The summed E-state index contributed by atoms with van der Waals surface area (Å²) in [6, 6.07) is 5.18. The maximum atomic E-state index is 11.8. The lowest BCUT2D eigenvalue weighted by atomic mass is 10.2. The number of carbonyl (C=O) groups excluding carboxylic acids is 2. The summed E-state index contributed by atoms with van der Waals surface area (Å²) in [6.07, 6.45) is 1.41. The van der Waals surface area contributed by atoms with Gasteiger partial charge in [-0.1, -0.05) is 0 Å². The van der Waals surface area contributed by atoms with Gasteiger partial charge in [-0.05, 0) is 26.0 Å². The van der Waals surface area contributed by atoms with E-state index in [1.807, 2.05) is 0 Å². The molecule has 0 radical (unpaired) electrons. The molecule has 7 nitrogen and oxygen atoms in total. The van der Waals surface area contributed by atoms with Crippen LogP contribution in [0, 0.1) is 0 Å². The van der Waals surface area contributed by atoms with Crippen molar-refractivity contribution in [2.45, 2.75) is 13.8 Å². The summed E-state index contributed by atoms with van der Waals surface area (Å²) in [5.41, 5.74) is 2.86. The molecule has 2 amide bonds. The highest BCUT2D eigenvalue weighted by atomic mass is 16.5. The molecule has 0 aliphatic carbocycles. The third-order valence-corrected chi connectivity index (χ3v) is 3.06. The average Bonchev–Trinajstić information content (AvgIpc) is 2.55. The van der Waals surface area contributed by atoms with Crippen LogP contribution in [0.5, 0.6) is 11.5 Å². The fourth-order valence-corrected chi connectivity index (χ4v) is 1.79. The number of methoxy groups -OCH3 is 2. The van der Waals surface area contributed by atoms with Crippen LogP contribution in [0.25, 0.3) is 0 Å². The Kier molecular flexibility index (Phi) is 6.88. The fourth-order valence-electron chi connectivity index (χ4n) is 1.79. The molecule has 0 saturated carbocycles. The van der Waals surface area contributed by atoms with Crippen LogP contribution >= 0.6 is 0 Å². The molecule has 7 heteroatoms. The largest absolute Gasteiger partial charge is 0.497 e. The van der Waals surface area contributed by atoms with Gasteiger partial charge in [-0.3, -0.25) is 9.59 Å². The van der Waals surface area contributed by atoms with Gasteiger partial charge in [0.2, 0.25) is 0 Å². The Morgan fingerprint density at radius 2 is 1.91 bits per heavy atom. The number of hydrogen-bond donors (Lipinski definition) is 1. The molecule has 0 atom stereocenters. The predicted molar refractivity (Wildman–Crippen MR) is 83.2 cm³/mol. The molecule has 120 valence electrons. The zero-order valence-electron chi connectivity index (χ0n) is 13.3. The number of ether oxygens (including phenoxy) is 2. The van der Waals surface area contributed by atoms with Crippen LogP contribution in [0.1, 0.15) is 19.4 Å². The SMILES string of the molecule is CCN(CC)C(=O)C(=O)N/N=C\c1ccc(OC)cc1OC. The molecule has 1 aromatic rings. The van der Waals surface area contributed by atoms with Crippen molar-refractivity contribution in [3.63, 3.8) is 0 Å². The Hall–Kier alpha value is -2.57. The summed E-state index contributed by atoms with van der Waals surface area (Å²) >= 11 is 0. The lowest BCUT2D eigenvalue weighted by Crippen LogP contribution is -2.41. The number of likely N-dealkylation sites (N-methyl/N-ethyl adjacent to an activating group) is 1. The first kappa shape index (κ1) is 17.5. The molecule has 0 aliphatic heterocycles. The van der Waals surface area contributed by atoms with Crippen molar-refractivity contribution in [2.24, 2.45) is 5.10 Å². The number of nitrogens with zero attached hydrogens (tertiary/aromatic N) is 2. The number of carbonyl (C=O) groups is 2. The molecule has 0 bridgehead atoms. The van der Waals surface area contributed by atoms with Gasteiger partial charge in [-0.15, -0.1) is 0 Å². The van der Waals surface area contributed by atoms with Gasteiger partial charge in [-0.25, -0.2) is 5.43 Å². The van der Waals surface area contributed by atoms with Gasteiger partial charge in [0.05, 0.1) is 20.4 Å². The van der Waals surface area contributed by atoms with Crippen LogP contribution < -0.4 is 14.9 Å². The van der Waals surface area contributed by atoms with Crippen molar-refractivity contribution in [3.8, 4) is 11.5 Å². The predicted octanol–water partition coefficient (Wildman–Crippen LogP) is 1.02. The normalized spacial score (nSPS) is 10.4. The molecule has 0 aromatic heterocycles. The van der Waals surface area contributed by atoms with E-state index in [0.717, 1.165) is 0 Å². The molecule has 0 fully saturated rings. The standard InChI is InChI=1S/C15H21N3O4/c1-5-18(6-2)15(20)14(19)17-16-10-11-7-8-12(21-3)9-13(11)22-4/h7-10H,5-6H2,1-4H3,(H,17,19)/b16-10-. The number of amides is 2. The molecule has 0 unspecified atom stereocenters. The first-order valence-corrected chi connectivity index (χ1v) is 6.91. The summed E-state index contributed by atoms with van der Waals surface area (Å²) in [6.45, 7) is 4.55. The van der Waals surface area contributed by atoms with Crippen molar-refractivity contribution >= 4 is 18.0 Å². The van der Waals surface area contributed by atoms with Crippen molar-refractivity contribution in [1.29, 1.82) is 0 Å². The maximum Gasteiger partial charge on any atom is 0.329 e. The summed E-state index contributed by atoms with van der Waals surface area (Å²) in [5, 5.41) is 3.78. The number of benzene rings is 1. The van der Waals surface area contributed by atoms with Gasteiger partial charge in [-0.2, -0.15) is 5.10 Å². The van der Waals surface area contributed by atoms with Gasteiger partial charge in [0.15, 0.2) is 0 Å². The minimum absolute atomic E-state index is 0.471. The van der Waals surface area contributed by atoms with Crippen LogP contribution in [0.15, 0.2) is 23.3 Å². The highest BCUT2D eigenvalue weighted by Crippen LogP contribution is 2.22. The van der Waals surface area contributed by atoms with Crippen molar-refractivity contribution in [1.82, 2.24) is 10.3 Å². The number of rotatable bonds is 6. The first-order chi connectivity index (χ1) is 10.6. The van der Waals surface area contributed by atoms with E-state index in [1.54, 1.807) is 39.2 Å². The fraction of sp³-hybridized carbons (Fsp3) is 0.400. The highest BCUT2D eigenvalue weighted by Gasteiger charge is 2.18. The van der Waals surface area contributed by atoms with Gasteiger partial charge >= 0.3 is 11.8 Å². The third kappa shape index (κ3) is 4.47. The molecule has 0 spiro atoms. The van der Waals surface area contributed by atoms with Crippen molar-refractivity contribution in [2.75, 3.05) is 27.3 Å². The van der Waals surface area contributed by atoms with E-state index in [1.165, 1.54) is 18.2 Å². The smallest absolute Gasteiger partial charge is 0.329 e. The second-order valence-electron chi connectivity index (χ2n) is 4.28. The molecular formula is C15H21N3O4. The Balaban J connectivity index is 2.73. The van der Waals surface area contributed by atoms with Crippen LogP contribution in [-0.4, -0.2) is 50.2 Å². The Morgan fingerprint density at radius 3 is 2.45 bits per heavy atom. The van der Waals surface area contributed by atoms with E-state index >= 15 is 0 Å². The second kappa shape index (κ2) is 8.66. The average molecular weight is 307 g/mol. The van der Waals surface area contributed by atoms with Crippen LogP contribution in [0.2, 0.25) is 0 Å². The Bertz CT molecular complexity index is 554. The molecular weight excluding hydrogens is 286 g/mol. The van der Waals surface area contributed by atoms with E-state index in [4.69, 9.17) is 9.47 Å². The first-order valence-electron chi connectivity index (χ1n) is 6.91. The van der Waals surface area contributed by atoms with Crippen molar-refractivity contribution in [3.05, 3.63) is 23.8 Å². The number of hydrogen-bond acceptors (Lipinski definition) is 5. The van der Waals surface area contributed by atoms with Gasteiger partial charge < -0.3 is 14.4 Å². The monoisotopic (exact) mass is 307 g/mol. The minimum Gasteiger partial charge on any atom is -0.497 e. The van der Waals surface area contributed by atoms with E-state index in [9.17, 15) is 9.59 Å².